The predicted octanol–water partition coefficient (Wildman–Crippen LogP) is 3.96. The quantitative estimate of drug-likeness (QED) is 0.729. The standard InChI is InChI=1S/C20H21N3O3/c1-12-5-6-13(2)16(9-12)21-20(24)18-11-17(22-23-18)15-8-7-14(25-3)10-19(15)26-4/h5-11H,1-4H3,(H,21,24)(H,22,23). The molecule has 1 amide bonds. The summed E-state index contributed by atoms with van der Waals surface area (Å²) >= 11 is 0. The van der Waals surface area contributed by atoms with Crippen LogP contribution in [0, 0.1) is 13.8 Å². The fourth-order valence-corrected chi connectivity index (χ4v) is 2.65. The van der Waals surface area contributed by atoms with Gasteiger partial charge in [0.2, 0.25) is 0 Å². The van der Waals surface area contributed by atoms with E-state index < -0.39 is 0 Å². The first-order valence-corrected chi connectivity index (χ1v) is 8.18. The number of nitrogens with one attached hydrogen (secondary N) is 2. The number of amides is 1. The predicted molar refractivity (Wildman–Crippen MR) is 101 cm³/mol. The van der Waals surface area contributed by atoms with E-state index in [1.807, 2.05) is 44.2 Å². The molecule has 0 saturated heterocycles. The Balaban J connectivity index is 1.86. The first-order valence-electron chi connectivity index (χ1n) is 8.18. The van der Waals surface area contributed by atoms with Gasteiger partial charge in [0.1, 0.15) is 17.2 Å². The first-order chi connectivity index (χ1) is 12.5. The van der Waals surface area contributed by atoms with Crippen LogP contribution in [-0.4, -0.2) is 30.3 Å². The summed E-state index contributed by atoms with van der Waals surface area (Å²) in [5.74, 6) is 1.07. The van der Waals surface area contributed by atoms with Crippen LogP contribution in [0.2, 0.25) is 0 Å². The second-order valence-corrected chi connectivity index (χ2v) is 6.01. The molecule has 0 radical (unpaired) electrons. The van der Waals surface area contributed by atoms with Gasteiger partial charge in [-0.3, -0.25) is 9.89 Å². The molecule has 6 heteroatoms. The van der Waals surface area contributed by atoms with Crippen molar-refractivity contribution in [1.82, 2.24) is 10.2 Å². The summed E-state index contributed by atoms with van der Waals surface area (Å²) in [6.45, 7) is 3.94. The molecule has 0 aliphatic heterocycles. The largest absolute Gasteiger partial charge is 0.497 e. The molecule has 3 aromatic rings. The zero-order valence-corrected chi connectivity index (χ0v) is 15.2. The van der Waals surface area contributed by atoms with Crippen molar-refractivity contribution in [2.45, 2.75) is 13.8 Å². The second-order valence-electron chi connectivity index (χ2n) is 6.01. The van der Waals surface area contributed by atoms with Crippen molar-refractivity contribution < 1.29 is 14.3 Å². The number of carbonyl (C=O) groups excluding carboxylic acids is 1. The van der Waals surface area contributed by atoms with Crippen LogP contribution >= 0.6 is 0 Å². The molecule has 0 unspecified atom stereocenters. The van der Waals surface area contributed by atoms with Gasteiger partial charge in [-0.05, 0) is 49.2 Å². The summed E-state index contributed by atoms with van der Waals surface area (Å²) in [4.78, 5) is 12.5. The van der Waals surface area contributed by atoms with Crippen molar-refractivity contribution in [2.75, 3.05) is 19.5 Å². The number of methoxy groups -OCH3 is 2. The Morgan fingerprint density at radius 2 is 1.85 bits per heavy atom. The van der Waals surface area contributed by atoms with Crippen LogP contribution in [-0.2, 0) is 0 Å². The summed E-state index contributed by atoms with van der Waals surface area (Å²) < 4.78 is 10.6. The molecule has 134 valence electrons. The van der Waals surface area contributed by atoms with Crippen LogP contribution in [0.3, 0.4) is 0 Å². The van der Waals surface area contributed by atoms with Crippen LogP contribution < -0.4 is 14.8 Å². The molecule has 1 aromatic heterocycles. The number of ether oxygens (including phenoxy) is 2. The van der Waals surface area contributed by atoms with Gasteiger partial charge in [-0.25, -0.2) is 0 Å². The highest BCUT2D eigenvalue weighted by atomic mass is 16.5. The number of rotatable bonds is 5. The summed E-state index contributed by atoms with van der Waals surface area (Å²) in [6, 6.07) is 13.1. The van der Waals surface area contributed by atoms with E-state index >= 15 is 0 Å². The van der Waals surface area contributed by atoms with Gasteiger partial charge in [0, 0.05) is 17.3 Å². The number of anilines is 1. The second kappa shape index (κ2) is 7.31. The average Bonchev–Trinajstić information content (AvgIpc) is 3.14. The smallest absolute Gasteiger partial charge is 0.273 e. The highest BCUT2D eigenvalue weighted by Gasteiger charge is 2.15. The van der Waals surface area contributed by atoms with Crippen molar-refractivity contribution in [1.29, 1.82) is 0 Å². The Morgan fingerprint density at radius 1 is 1.04 bits per heavy atom. The molecular weight excluding hydrogens is 330 g/mol. The third kappa shape index (κ3) is 3.54. The molecule has 0 spiro atoms. The summed E-state index contributed by atoms with van der Waals surface area (Å²) in [7, 11) is 3.18. The van der Waals surface area contributed by atoms with E-state index in [2.05, 4.69) is 15.5 Å². The fourth-order valence-electron chi connectivity index (χ4n) is 2.65. The number of benzene rings is 2. The van der Waals surface area contributed by atoms with Crippen LogP contribution in [0.5, 0.6) is 11.5 Å². The van der Waals surface area contributed by atoms with Crippen LogP contribution in [0.15, 0.2) is 42.5 Å². The molecule has 1 heterocycles. The number of carbonyl (C=O) groups is 1. The van der Waals surface area contributed by atoms with Crippen molar-refractivity contribution >= 4 is 11.6 Å². The third-order valence-electron chi connectivity index (χ3n) is 4.15. The zero-order chi connectivity index (χ0) is 18.7. The Bertz CT molecular complexity index is 947. The Morgan fingerprint density at radius 3 is 2.58 bits per heavy atom. The molecule has 2 aromatic carbocycles. The van der Waals surface area contributed by atoms with Gasteiger partial charge in [-0.2, -0.15) is 5.10 Å². The molecular formula is C20H21N3O3. The van der Waals surface area contributed by atoms with E-state index in [-0.39, 0.29) is 5.91 Å². The van der Waals surface area contributed by atoms with Crippen LogP contribution in [0.25, 0.3) is 11.3 Å². The van der Waals surface area contributed by atoms with Gasteiger partial charge < -0.3 is 14.8 Å². The minimum Gasteiger partial charge on any atom is -0.497 e. The SMILES string of the molecule is COc1ccc(-c2cc(C(=O)Nc3cc(C)ccc3C)[nH]n2)c(OC)c1. The molecule has 2 N–H and O–H groups in total. The Kier molecular flexibility index (Phi) is 4.93. The lowest BCUT2D eigenvalue weighted by atomic mass is 10.1. The monoisotopic (exact) mass is 351 g/mol. The maximum absolute atomic E-state index is 12.5. The first kappa shape index (κ1) is 17.5. The van der Waals surface area contributed by atoms with Crippen LogP contribution in [0.4, 0.5) is 5.69 Å². The minimum atomic E-state index is -0.245. The Hall–Kier alpha value is -3.28. The summed E-state index contributed by atoms with van der Waals surface area (Å²) in [6.07, 6.45) is 0. The molecule has 6 nitrogen and oxygen atoms in total. The highest BCUT2D eigenvalue weighted by Crippen LogP contribution is 2.32. The average molecular weight is 351 g/mol. The Labute approximate surface area is 152 Å². The van der Waals surface area contributed by atoms with E-state index in [9.17, 15) is 4.79 Å². The highest BCUT2D eigenvalue weighted by molar-refractivity contribution is 6.04. The van der Waals surface area contributed by atoms with E-state index in [1.165, 1.54) is 0 Å². The molecule has 26 heavy (non-hydrogen) atoms. The maximum atomic E-state index is 12.5. The zero-order valence-electron chi connectivity index (χ0n) is 15.2. The molecule has 0 atom stereocenters. The topological polar surface area (TPSA) is 76.2 Å². The lowest BCUT2D eigenvalue weighted by Crippen LogP contribution is -2.13. The molecule has 0 bridgehead atoms. The number of nitrogens with zero attached hydrogens (tertiary/aromatic N) is 1. The van der Waals surface area contributed by atoms with Crippen molar-refractivity contribution in [3.63, 3.8) is 0 Å². The molecule has 0 fully saturated rings. The lowest BCUT2D eigenvalue weighted by Gasteiger charge is -2.08. The minimum absolute atomic E-state index is 0.245. The van der Waals surface area contributed by atoms with Gasteiger partial charge in [0.25, 0.3) is 5.91 Å². The van der Waals surface area contributed by atoms with Gasteiger partial charge in [-0.15, -0.1) is 0 Å². The number of H-pyrrole nitrogens is 1. The van der Waals surface area contributed by atoms with Crippen molar-refractivity contribution in [3.05, 3.63) is 59.3 Å². The number of hydrogen-bond acceptors (Lipinski definition) is 4. The molecule has 3 rings (SSSR count). The molecule has 0 aliphatic carbocycles. The van der Waals surface area contributed by atoms with Crippen molar-refractivity contribution in [2.24, 2.45) is 0 Å². The van der Waals surface area contributed by atoms with E-state index in [0.29, 0.717) is 22.9 Å². The summed E-state index contributed by atoms with van der Waals surface area (Å²) in [5, 5.41) is 9.95. The maximum Gasteiger partial charge on any atom is 0.273 e. The number of aryl methyl sites for hydroxylation is 2. The van der Waals surface area contributed by atoms with E-state index in [4.69, 9.17) is 9.47 Å². The van der Waals surface area contributed by atoms with Gasteiger partial charge in [0.05, 0.1) is 19.9 Å². The van der Waals surface area contributed by atoms with E-state index in [1.54, 1.807) is 26.4 Å². The van der Waals surface area contributed by atoms with Gasteiger partial charge in [0.15, 0.2) is 0 Å². The van der Waals surface area contributed by atoms with Gasteiger partial charge in [-0.1, -0.05) is 12.1 Å². The molecule has 0 aliphatic rings. The fraction of sp³-hybridized carbons (Fsp3) is 0.200. The number of aromatic nitrogens is 2. The normalized spacial score (nSPS) is 10.5. The summed E-state index contributed by atoms with van der Waals surface area (Å²) in [5.41, 5.74) is 4.64. The van der Waals surface area contributed by atoms with Crippen molar-refractivity contribution in [3.8, 4) is 22.8 Å². The van der Waals surface area contributed by atoms with Crippen LogP contribution in [0.1, 0.15) is 21.6 Å². The third-order valence-corrected chi connectivity index (χ3v) is 4.15. The lowest BCUT2D eigenvalue weighted by molar-refractivity contribution is 0.102. The van der Waals surface area contributed by atoms with Gasteiger partial charge >= 0.3 is 0 Å². The molecule has 0 saturated carbocycles. The van der Waals surface area contributed by atoms with E-state index in [0.717, 1.165) is 22.4 Å². The number of hydrogen-bond donors (Lipinski definition) is 2. The number of aromatic amines is 1.